The number of hydrogen-bond acceptors (Lipinski definition) is 5. The first-order valence-electron chi connectivity index (χ1n) is 6.16. The Morgan fingerprint density at radius 1 is 1.67 bits per heavy atom. The fourth-order valence-electron chi connectivity index (χ4n) is 2.29. The van der Waals surface area contributed by atoms with Gasteiger partial charge in [0.1, 0.15) is 17.0 Å². The van der Waals surface area contributed by atoms with Gasteiger partial charge in [0.25, 0.3) is 0 Å². The molecule has 0 bridgehead atoms. The number of nitrogens with zero attached hydrogens (tertiary/aromatic N) is 1. The molecular formula is C13H20N2O3. The average Bonchev–Trinajstić information content (AvgIpc) is 2.39. The third-order valence-corrected chi connectivity index (χ3v) is 3.14. The number of methoxy groups -OCH3 is 1. The van der Waals surface area contributed by atoms with Gasteiger partial charge in [0.2, 0.25) is 0 Å². The van der Waals surface area contributed by atoms with Crippen LogP contribution < -0.4 is 10.1 Å². The quantitative estimate of drug-likeness (QED) is 0.825. The fraction of sp³-hybridized carbons (Fsp3) is 0.615. The Labute approximate surface area is 107 Å². The molecule has 2 atom stereocenters. The second-order valence-electron chi connectivity index (χ2n) is 4.76. The van der Waals surface area contributed by atoms with Crippen LogP contribution in [0.5, 0.6) is 5.75 Å². The molecule has 1 aliphatic rings. The third-order valence-electron chi connectivity index (χ3n) is 3.14. The van der Waals surface area contributed by atoms with E-state index in [0.29, 0.717) is 24.5 Å². The van der Waals surface area contributed by atoms with Gasteiger partial charge in [0.15, 0.2) is 0 Å². The highest BCUT2D eigenvalue weighted by atomic mass is 16.5. The molecule has 0 amide bonds. The van der Waals surface area contributed by atoms with Crippen molar-refractivity contribution in [3.63, 3.8) is 0 Å². The predicted molar refractivity (Wildman–Crippen MR) is 67.6 cm³/mol. The molecule has 5 nitrogen and oxygen atoms in total. The minimum absolute atomic E-state index is 0.139. The van der Waals surface area contributed by atoms with Crippen LogP contribution in [0.3, 0.4) is 0 Å². The van der Waals surface area contributed by atoms with Gasteiger partial charge in [-0.1, -0.05) is 0 Å². The molecule has 1 aromatic rings. The molecule has 100 valence electrons. The van der Waals surface area contributed by atoms with Crippen molar-refractivity contribution in [3.8, 4) is 5.75 Å². The van der Waals surface area contributed by atoms with Crippen molar-refractivity contribution in [2.24, 2.45) is 0 Å². The van der Waals surface area contributed by atoms with Crippen molar-refractivity contribution in [2.75, 3.05) is 26.9 Å². The summed E-state index contributed by atoms with van der Waals surface area (Å²) < 4.78 is 10.6. The lowest BCUT2D eigenvalue weighted by Crippen LogP contribution is -2.45. The highest BCUT2D eigenvalue weighted by Crippen LogP contribution is 2.31. The molecule has 2 unspecified atom stereocenters. The highest BCUT2D eigenvalue weighted by molar-refractivity contribution is 5.31. The molecule has 1 aliphatic heterocycles. The normalized spacial score (nSPS) is 23.4. The van der Waals surface area contributed by atoms with Crippen LogP contribution in [-0.4, -0.2) is 43.0 Å². The molecule has 18 heavy (non-hydrogen) atoms. The largest absolute Gasteiger partial charge is 0.495 e. The Morgan fingerprint density at radius 3 is 3.17 bits per heavy atom. The summed E-state index contributed by atoms with van der Waals surface area (Å²) in [5.74, 6) is 0.610. The predicted octanol–water partition coefficient (Wildman–Crippen LogP) is 0.676. The number of hydrogen-bond donors (Lipinski definition) is 2. The van der Waals surface area contributed by atoms with Crippen molar-refractivity contribution < 1.29 is 14.6 Å². The number of aromatic nitrogens is 1. The Bertz CT molecular complexity index is 390. The first-order valence-corrected chi connectivity index (χ1v) is 6.16. The van der Waals surface area contributed by atoms with Crippen molar-refractivity contribution in [3.05, 3.63) is 24.0 Å². The molecular weight excluding hydrogens is 232 g/mol. The van der Waals surface area contributed by atoms with Crippen LogP contribution >= 0.6 is 0 Å². The van der Waals surface area contributed by atoms with Crippen LogP contribution in [0.4, 0.5) is 0 Å². The lowest BCUT2D eigenvalue weighted by Gasteiger charge is -2.31. The van der Waals surface area contributed by atoms with Crippen LogP contribution in [0.2, 0.25) is 0 Å². The van der Waals surface area contributed by atoms with Gasteiger partial charge in [-0.2, -0.15) is 0 Å². The van der Waals surface area contributed by atoms with E-state index in [1.165, 1.54) is 0 Å². The van der Waals surface area contributed by atoms with Gasteiger partial charge in [-0.25, -0.2) is 0 Å². The number of aliphatic hydroxyl groups is 1. The molecule has 0 aliphatic carbocycles. The van der Waals surface area contributed by atoms with Gasteiger partial charge in [-0.3, -0.25) is 4.98 Å². The summed E-state index contributed by atoms with van der Waals surface area (Å²) in [7, 11) is 1.58. The maximum Gasteiger partial charge on any atom is 0.143 e. The van der Waals surface area contributed by atoms with Crippen molar-refractivity contribution in [1.29, 1.82) is 0 Å². The SMILES string of the molecule is COc1cccnc1C(C)(O)CC1COCCN1. The van der Waals surface area contributed by atoms with Crippen molar-refractivity contribution in [2.45, 2.75) is 25.0 Å². The first-order chi connectivity index (χ1) is 8.63. The van der Waals surface area contributed by atoms with E-state index in [0.717, 1.165) is 13.2 Å². The van der Waals surface area contributed by atoms with E-state index in [1.807, 2.05) is 6.07 Å². The smallest absolute Gasteiger partial charge is 0.143 e. The standard InChI is InChI=1S/C13H20N2O3/c1-13(16,8-10-9-18-7-6-14-10)12-11(17-2)4-3-5-15-12/h3-5,10,14,16H,6-9H2,1-2H3. The highest BCUT2D eigenvalue weighted by Gasteiger charge is 2.32. The van der Waals surface area contributed by atoms with Crippen LogP contribution in [0.15, 0.2) is 18.3 Å². The van der Waals surface area contributed by atoms with Gasteiger partial charge in [0.05, 0.1) is 20.3 Å². The zero-order valence-electron chi connectivity index (χ0n) is 10.8. The van der Waals surface area contributed by atoms with Crippen molar-refractivity contribution in [1.82, 2.24) is 10.3 Å². The van der Waals surface area contributed by atoms with E-state index in [4.69, 9.17) is 9.47 Å². The van der Waals surface area contributed by atoms with Crippen LogP contribution in [0.1, 0.15) is 19.0 Å². The minimum atomic E-state index is -1.04. The van der Waals surface area contributed by atoms with Gasteiger partial charge in [0, 0.05) is 18.8 Å². The minimum Gasteiger partial charge on any atom is -0.495 e. The summed E-state index contributed by atoms with van der Waals surface area (Å²) in [5, 5.41) is 13.9. The van der Waals surface area contributed by atoms with Crippen LogP contribution in [0.25, 0.3) is 0 Å². The first kappa shape index (κ1) is 13.3. The molecule has 2 N–H and O–H groups in total. The maximum absolute atomic E-state index is 10.6. The number of nitrogens with one attached hydrogen (secondary N) is 1. The molecule has 0 spiro atoms. The number of morpholine rings is 1. The second-order valence-corrected chi connectivity index (χ2v) is 4.76. The molecule has 1 saturated heterocycles. The molecule has 0 aromatic carbocycles. The number of rotatable bonds is 4. The van der Waals surface area contributed by atoms with Crippen LogP contribution in [0, 0.1) is 0 Å². The Morgan fingerprint density at radius 2 is 2.50 bits per heavy atom. The maximum atomic E-state index is 10.6. The fourth-order valence-corrected chi connectivity index (χ4v) is 2.29. The summed E-state index contributed by atoms with van der Waals surface area (Å²) in [6.07, 6.45) is 2.21. The van der Waals surface area contributed by atoms with E-state index in [2.05, 4.69) is 10.3 Å². The Kier molecular flexibility index (Phi) is 4.16. The van der Waals surface area contributed by atoms with E-state index in [1.54, 1.807) is 26.3 Å². The number of pyridine rings is 1. The monoisotopic (exact) mass is 252 g/mol. The zero-order valence-corrected chi connectivity index (χ0v) is 10.8. The van der Waals surface area contributed by atoms with E-state index in [9.17, 15) is 5.11 Å². The summed E-state index contributed by atoms with van der Waals surface area (Å²) in [5.41, 5.74) is -0.467. The van der Waals surface area contributed by atoms with E-state index in [-0.39, 0.29) is 6.04 Å². The Hall–Kier alpha value is -1.17. The summed E-state index contributed by atoms with van der Waals surface area (Å²) in [6.45, 7) is 3.92. The molecule has 2 rings (SSSR count). The lowest BCUT2D eigenvalue weighted by atomic mass is 9.92. The van der Waals surface area contributed by atoms with Gasteiger partial charge >= 0.3 is 0 Å². The third kappa shape index (κ3) is 2.98. The van der Waals surface area contributed by atoms with E-state index < -0.39 is 5.60 Å². The lowest BCUT2D eigenvalue weighted by molar-refractivity contribution is -0.000943. The molecule has 5 heteroatoms. The number of ether oxygens (including phenoxy) is 2. The molecule has 2 heterocycles. The van der Waals surface area contributed by atoms with Crippen LogP contribution in [-0.2, 0) is 10.3 Å². The van der Waals surface area contributed by atoms with Crippen molar-refractivity contribution >= 4 is 0 Å². The summed E-state index contributed by atoms with van der Waals surface area (Å²) in [6, 6.07) is 3.74. The van der Waals surface area contributed by atoms with Gasteiger partial charge in [-0.15, -0.1) is 0 Å². The summed E-state index contributed by atoms with van der Waals surface area (Å²) in [4.78, 5) is 4.24. The summed E-state index contributed by atoms with van der Waals surface area (Å²) >= 11 is 0. The molecule has 0 saturated carbocycles. The molecule has 1 fully saturated rings. The van der Waals surface area contributed by atoms with Gasteiger partial charge in [-0.05, 0) is 25.5 Å². The van der Waals surface area contributed by atoms with Gasteiger partial charge < -0.3 is 19.9 Å². The molecule has 1 aromatic heterocycles. The average molecular weight is 252 g/mol. The zero-order chi connectivity index (χ0) is 13.0. The Balaban J connectivity index is 2.13. The molecule has 0 radical (unpaired) electrons. The topological polar surface area (TPSA) is 63.6 Å². The van der Waals surface area contributed by atoms with E-state index >= 15 is 0 Å². The second kappa shape index (κ2) is 5.65.